The summed E-state index contributed by atoms with van der Waals surface area (Å²) in [6.45, 7) is 11.7. The van der Waals surface area contributed by atoms with Crippen molar-refractivity contribution in [3.63, 3.8) is 0 Å². The Bertz CT molecular complexity index is 617. The first-order chi connectivity index (χ1) is 8.61. The lowest BCUT2D eigenvalue weighted by molar-refractivity contribution is 0.372. The highest BCUT2D eigenvalue weighted by molar-refractivity contribution is 5.83. The van der Waals surface area contributed by atoms with Crippen LogP contribution in [-0.2, 0) is 4.74 Å². The molecule has 0 aliphatic heterocycles. The molecule has 1 aromatic heterocycles. The fourth-order valence-corrected chi connectivity index (χ4v) is 1.66. The molecule has 18 heavy (non-hydrogen) atoms. The summed E-state index contributed by atoms with van der Waals surface area (Å²) in [5, 5.41) is 1.02. The lowest BCUT2D eigenvalue weighted by Gasteiger charge is -2.10. The summed E-state index contributed by atoms with van der Waals surface area (Å²) in [7, 11) is 0. The molecule has 0 radical (unpaired) electrons. The van der Waals surface area contributed by atoms with Gasteiger partial charge in [-0.15, -0.1) is 0 Å². The van der Waals surface area contributed by atoms with E-state index in [0.717, 1.165) is 28.6 Å². The third kappa shape index (κ3) is 2.40. The van der Waals surface area contributed by atoms with Gasteiger partial charge in [0.1, 0.15) is 12.1 Å². The van der Waals surface area contributed by atoms with Crippen LogP contribution in [0.1, 0.15) is 24.6 Å². The first kappa shape index (κ1) is 12.3. The van der Waals surface area contributed by atoms with Gasteiger partial charge in [0.2, 0.25) is 0 Å². The molecule has 3 nitrogen and oxygen atoms in total. The minimum Gasteiger partial charge on any atom is -0.462 e. The first-order valence-corrected chi connectivity index (χ1v) is 5.88. The third-order valence-electron chi connectivity index (χ3n) is 2.82. The van der Waals surface area contributed by atoms with Crippen molar-refractivity contribution in [1.82, 2.24) is 9.97 Å². The van der Waals surface area contributed by atoms with E-state index in [0.29, 0.717) is 11.5 Å². The number of benzene rings is 1. The van der Waals surface area contributed by atoms with Gasteiger partial charge in [0.05, 0.1) is 11.3 Å². The number of ether oxygens (including phenoxy) is 1. The summed E-state index contributed by atoms with van der Waals surface area (Å²) in [5.74, 6) is 1.31. The lowest BCUT2D eigenvalue weighted by Crippen LogP contribution is -1.92. The van der Waals surface area contributed by atoms with Gasteiger partial charge in [0.25, 0.3) is 0 Å². The molecule has 0 fully saturated rings. The molecular formula is C15H16N2O. The van der Waals surface area contributed by atoms with Gasteiger partial charge in [0, 0.05) is 23.1 Å². The first-order valence-electron chi connectivity index (χ1n) is 5.88. The van der Waals surface area contributed by atoms with Crippen molar-refractivity contribution in [2.75, 3.05) is 0 Å². The molecule has 0 saturated heterocycles. The number of aryl methyl sites for hydroxylation is 1. The minimum atomic E-state index is 0.604. The van der Waals surface area contributed by atoms with E-state index in [9.17, 15) is 0 Å². The molecule has 2 aromatic rings. The molecule has 92 valence electrons. The van der Waals surface area contributed by atoms with Gasteiger partial charge >= 0.3 is 0 Å². The summed E-state index contributed by atoms with van der Waals surface area (Å²) in [4.78, 5) is 8.41. The van der Waals surface area contributed by atoms with Crippen LogP contribution in [0, 0.1) is 6.92 Å². The largest absolute Gasteiger partial charge is 0.462 e. The molecule has 0 N–H and O–H groups in total. The molecule has 0 aliphatic carbocycles. The quantitative estimate of drug-likeness (QED) is 0.761. The Balaban J connectivity index is 2.38. The molecule has 1 aromatic carbocycles. The fourth-order valence-electron chi connectivity index (χ4n) is 1.66. The molecule has 0 saturated carbocycles. The number of allylic oxidation sites excluding steroid dienone is 1. The Hall–Kier alpha value is -2.16. The number of rotatable bonds is 4. The Kier molecular flexibility index (Phi) is 3.42. The summed E-state index contributed by atoms with van der Waals surface area (Å²) in [6, 6.07) is 5.89. The van der Waals surface area contributed by atoms with Crippen LogP contribution in [0.5, 0.6) is 0 Å². The second-order valence-electron chi connectivity index (χ2n) is 4.11. The van der Waals surface area contributed by atoms with Crippen LogP contribution in [0.4, 0.5) is 0 Å². The second-order valence-corrected chi connectivity index (χ2v) is 4.11. The molecule has 0 atom stereocenters. The Labute approximate surface area is 107 Å². The van der Waals surface area contributed by atoms with E-state index in [2.05, 4.69) is 23.1 Å². The maximum Gasteiger partial charge on any atom is 0.126 e. The van der Waals surface area contributed by atoms with E-state index in [1.807, 2.05) is 32.0 Å². The van der Waals surface area contributed by atoms with Crippen LogP contribution in [-0.4, -0.2) is 9.97 Å². The number of nitrogens with zero attached hydrogens (tertiary/aromatic N) is 2. The van der Waals surface area contributed by atoms with Gasteiger partial charge in [-0.3, -0.25) is 0 Å². The van der Waals surface area contributed by atoms with Gasteiger partial charge in [0.15, 0.2) is 0 Å². The fraction of sp³-hybridized carbons (Fsp3) is 0.200. The summed E-state index contributed by atoms with van der Waals surface area (Å²) >= 11 is 0. The Morgan fingerprint density at radius 2 is 2.06 bits per heavy atom. The van der Waals surface area contributed by atoms with Gasteiger partial charge in [-0.25, -0.2) is 9.97 Å². The molecule has 0 aliphatic rings. The summed E-state index contributed by atoms with van der Waals surface area (Å²) < 4.78 is 5.54. The Morgan fingerprint density at radius 1 is 1.28 bits per heavy atom. The van der Waals surface area contributed by atoms with Crippen LogP contribution in [0.3, 0.4) is 0 Å². The van der Waals surface area contributed by atoms with Crippen LogP contribution in [0.15, 0.2) is 43.4 Å². The van der Waals surface area contributed by atoms with Crippen LogP contribution >= 0.6 is 0 Å². The lowest BCUT2D eigenvalue weighted by atomic mass is 10.1. The van der Waals surface area contributed by atoms with E-state index in [-0.39, 0.29) is 0 Å². The SMILES string of the molecule is C=C(CC)OC(=C)c1ccc2ncnc(C)c2c1. The van der Waals surface area contributed by atoms with Crippen molar-refractivity contribution in [3.8, 4) is 0 Å². The highest BCUT2D eigenvalue weighted by Crippen LogP contribution is 2.23. The van der Waals surface area contributed by atoms with E-state index in [1.165, 1.54) is 0 Å². The van der Waals surface area contributed by atoms with Crippen LogP contribution in [0.2, 0.25) is 0 Å². The molecular weight excluding hydrogens is 224 g/mol. The maximum absolute atomic E-state index is 5.54. The highest BCUT2D eigenvalue weighted by Gasteiger charge is 2.05. The third-order valence-corrected chi connectivity index (χ3v) is 2.82. The van der Waals surface area contributed by atoms with Crippen molar-refractivity contribution >= 4 is 16.7 Å². The van der Waals surface area contributed by atoms with Crippen molar-refractivity contribution in [1.29, 1.82) is 0 Å². The predicted octanol–water partition coefficient (Wildman–Crippen LogP) is 3.85. The normalized spacial score (nSPS) is 10.3. The average Bonchev–Trinajstić information content (AvgIpc) is 2.38. The number of hydrogen-bond donors (Lipinski definition) is 0. The average molecular weight is 240 g/mol. The summed E-state index contributed by atoms with van der Waals surface area (Å²) in [6.07, 6.45) is 2.34. The number of fused-ring (bicyclic) bond motifs is 1. The molecule has 2 rings (SSSR count). The topological polar surface area (TPSA) is 35.0 Å². The van der Waals surface area contributed by atoms with Crippen molar-refractivity contribution in [2.24, 2.45) is 0 Å². The minimum absolute atomic E-state index is 0.604. The predicted molar refractivity (Wildman–Crippen MR) is 73.8 cm³/mol. The van der Waals surface area contributed by atoms with E-state index in [1.54, 1.807) is 6.33 Å². The van der Waals surface area contributed by atoms with Gasteiger partial charge in [-0.2, -0.15) is 0 Å². The molecule has 0 bridgehead atoms. The van der Waals surface area contributed by atoms with Crippen molar-refractivity contribution in [3.05, 3.63) is 54.7 Å². The zero-order valence-corrected chi connectivity index (χ0v) is 10.7. The van der Waals surface area contributed by atoms with Crippen LogP contribution in [0.25, 0.3) is 16.7 Å². The second kappa shape index (κ2) is 5.00. The molecule has 0 amide bonds. The zero-order chi connectivity index (χ0) is 13.1. The van der Waals surface area contributed by atoms with E-state index >= 15 is 0 Å². The summed E-state index contributed by atoms with van der Waals surface area (Å²) in [5.41, 5.74) is 2.80. The monoisotopic (exact) mass is 240 g/mol. The van der Waals surface area contributed by atoms with Crippen molar-refractivity contribution in [2.45, 2.75) is 20.3 Å². The number of aromatic nitrogens is 2. The van der Waals surface area contributed by atoms with Crippen LogP contribution < -0.4 is 0 Å². The number of hydrogen-bond acceptors (Lipinski definition) is 3. The Morgan fingerprint density at radius 3 is 2.78 bits per heavy atom. The molecule has 3 heteroatoms. The molecule has 0 unspecified atom stereocenters. The zero-order valence-electron chi connectivity index (χ0n) is 10.7. The molecule has 0 spiro atoms. The molecule has 1 heterocycles. The van der Waals surface area contributed by atoms with Crippen molar-refractivity contribution < 1.29 is 4.74 Å². The maximum atomic E-state index is 5.54. The van der Waals surface area contributed by atoms with Gasteiger partial charge in [-0.1, -0.05) is 20.1 Å². The smallest absolute Gasteiger partial charge is 0.126 e. The standard InChI is InChI=1S/C15H16N2O/c1-5-10(2)18-12(4)13-6-7-15-14(8-13)11(3)16-9-17-15/h6-9H,2,4-5H2,1,3H3. The van der Waals surface area contributed by atoms with Gasteiger partial charge in [-0.05, 0) is 25.1 Å². The van der Waals surface area contributed by atoms with Gasteiger partial charge < -0.3 is 4.74 Å². The van der Waals surface area contributed by atoms with E-state index < -0.39 is 0 Å². The highest BCUT2D eigenvalue weighted by atomic mass is 16.5. The van der Waals surface area contributed by atoms with E-state index in [4.69, 9.17) is 4.74 Å².